The molecule has 2 heterocycles. The van der Waals surface area contributed by atoms with E-state index in [1.54, 1.807) is 0 Å². The van der Waals surface area contributed by atoms with Gasteiger partial charge in [0.2, 0.25) is 5.89 Å². The Bertz CT molecular complexity index is 938. The van der Waals surface area contributed by atoms with Gasteiger partial charge in [-0.2, -0.15) is 0 Å². The fraction of sp³-hybridized carbons (Fsp3) is 0.364. The number of oxazole rings is 1. The maximum absolute atomic E-state index is 6.08. The van der Waals surface area contributed by atoms with Crippen LogP contribution in [-0.2, 0) is 0 Å². The lowest BCUT2D eigenvalue weighted by Crippen LogP contribution is -2.20. The fourth-order valence-electron chi connectivity index (χ4n) is 3.64. The Labute approximate surface area is 154 Å². The van der Waals surface area contributed by atoms with Crippen molar-refractivity contribution in [3.8, 4) is 11.5 Å². The van der Waals surface area contributed by atoms with Gasteiger partial charge in [0.1, 0.15) is 5.52 Å². The molecule has 0 amide bonds. The maximum Gasteiger partial charge on any atom is 0.227 e. The SMILES string of the molecule is CCC1CCCN=C1c1ccc2nc(-c3ccc(N(C)C)cc3)oc2c1. The third-order valence-electron chi connectivity index (χ3n) is 5.19. The molecule has 0 bridgehead atoms. The molecule has 0 fully saturated rings. The second-order valence-corrected chi connectivity index (χ2v) is 7.16. The molecule has 0 radical (unpaired) electrons. The highest BCUT2D eigenvalue weighted by molar-refractivity contribution is 6.04. The molecule has 3 aromatic rings. The lowest BCUT2D eigenvalue weighted by Gasteiger charge is -2.22. The Kier molecular flexibility index (Phi) is 4.49. The van der Waals surface area contributed by atoms with Crippen LogP contribution in [0, 0.1) is 5.92 Å². The summed E-state index contributed by atoms with van der Waals surface area (Å²) in [5, 5.41) is 0. The number of fused-ring (bicyclic) bond motifs is 1. The first kappa shape index (κ1) is 16.8. The largest absolute Gasteiger partial charge is 0.436 e. The van der Waals surface area contributed by atoms with Gasteiger partial charge in [-0.05, 0) is 61.2 Å². The van der Waals surface area contributed by atoms with Crippen molar-refractivity contribution in [3.63, 3.8) is 0 Å². The number of benzene rings is 2. The predicted octanol–water partition coefficient (Wildman–Crippen LogP) is 5.17. The second-order valence-electron chi connectivity index (χ2n) is 7.16. The molecule has 26 heavy (non-hydrogen) atoms. The fourth-order valence-corrected chi connectivity index (χ4v) is 3.64. The summed E-state index contributed by atoms with van der Waals surface area (Å²) >= 11 is 0. The van der Waals surface area contributed by atoms with E-state index in [1.165, 1.54) is 24.1 Å². The van der Waals surface area contributed by atoms with Gasteiger partial charge in [-0.15, -0.1) is 0 Å². The third-order valence-corrected chi connectivity index (χ3v) is 5.19. The molecular formula is C22H25N3O. The van der Waals surface area contributed by atoms with Crippen LogP contribution < -0.4 is 4.90 Å². The van der Waals surface area contributed by atoms with Crippen molar-refractivity contribution in [2.45, 2.75) is 26.2 Å². The monoisotopic (exact) mass is 347 g/mol. The molecule has 0 spiro atoms. The molecule has 1 aromatic heterocycles. The molecule has 0 saturated heterocycles. The van der Waals surface area contributed by atoms with Crippen molar-refractivity contribution < 1.29 is 4.42 Å². The van der Waals surface area contributed by atoms with Crippen LogP contribution >= 0.6 is 0 Å². The van der Waals surface area contributed by atoms with Gasteiger partial charge in [0.25, 0.3) is 0 Å². The minimum Gasteiger partial charge on any atom is -0.436 e. The van der Waals surface area contributed by atoms with Crippen molar-refractivity contribution in [1.82, 2.24) is 4.98 Å². The summed E-state index contributed by atoms with van der Waals surface area (Å²) in [4.78, 5) is 11.5. The van der Waals surface area contributed by atoms with Crippen molar-refractivity contribution in [2.75, 3.05) is 25.5 Å². The Morgan fingerprint density at radius 1 is 1.08 bits per heavy atom. The first-order chi connectivity index (χ1) is 12.7. The van der Waals surface area contributed by atoms with E-state index in [-0.39, 0.29) is 0 Å². The lowest BCUT2D eigenvalue weighted by atomic mass is 9.88. The Balaban J connectivity index is 1.68. The van der Waals surface area contributed by atoms with E-state index in [0.717, 1.165) is 35.3 Å². The summed E-state index contributed by atoms with van der Waals surface area (Å²) in [6, 6.07) is 14.6. The van der Waals surface area contributed by atoms with Crippen molar-refractivity contribution in [1.29, 1.82) is 0 Å². The van der Waals surface area contributed by atoms with Gasteiger partial charge < -0.3 is 9.32 Å². The van der Waals surface area contributed by atoms with Crippen molar-refractivity contribution >= 4 is 22.5 Å². The third kappa shape index (κ3) is 3.12. The zero-order chi connectivity index (χ0) is 18.1. The number of rotatable bonds is 4. The van der Waals surface area contributed by atoms with Gasteiger partial charge in [0.05, 0.1) is 0 Å². The summed E-state index contributed by atoms with van der Waals surface area (Å²) in [7, 11) is 4.07. The second kappa shape index (κ2) is 6.94. The quantitative estimate of drug-likeness (QED) is 0.654. The molecule has 4 nitrogen and oxygen atoms in total. The zero-order valence-electron chi connectivity index (χ0n) is 15.7. The molecule has 134 valence electrons. The molecule has 4 heteroatoms. The van der Waals surface area contributed by atoms with Gasteiger partial charge in [-0.1, -0.05) is 13.0 Å². The van der Waals surface area contributed by atoms with Gasteiger partial charge in [-0.3, -0.25) is 4.99 Å². The molecule has 1 aliphatic heterocycles. The standard InChI is InChI=1S/C22H25N3O/c1-4-15-6-5-13-23-21(15)17-9-12-19-20(14-17)26-22(24-19)16-7-10-18(11-8-16)25(2)3/h7-12,14-15H,4-6,13H2,1-3H3. The lowest BCUT2D eigenvalue weighted by molar-refractivity contribution is 0.554. The van der Waals surface area contributed by atoms with E-state index >= 15 is 0 Å². The number of hydrogen-bond acceptors (Lipinski definition) is 4. The number of hydrogen-bond donors (Lipinski definition) is 0. The Morgan fingerprint density at radius 3 is 2.58 bits per heavy atom. The van der Waals surface area contributed by atoms with Crippen LogP contribution in [0.2, 0.25) is 0 Å². The van der Waals surface area contributed by atoms with E-state index in [4.69, 9.17) is 9.41 Å². The molecule has 4 rings (SSSR count). The van der Waals surface area contributed by atoms with Crippen LogP contribution in [-0.4, -0.2) is 31.3 Å². The van der Waals surface area contributed by atoms with Crippen LogP contribution in [0.1, 0.15) is 31.7 Å². The summed E-state index contributed by atoms with van der Waals surface area (Å²) in [6.07, 6.45) is 3.56. The van der Waals surface area contributed by atoms with Crippen molar-refractivity contribution in [3.05, 3.63) is 48.0 Å². The first-order valence-electron chi connectivity index (χ1n) is 9.39. The molecule has 1 atom stereocenters. The van der Waals surface area contributed by atoms with E-state index in [1.807, 2.05) is 14.1 Å². The van der Waals surface area contributed by atoms with Crippen LogP contribution in [0.4, 0.5) is 5.69 Å². The maximum atomic E-state index is 6.08. The molecule has 0 aliphatic carbocycles. The van der Waals surface area contributed by atoms with Gasteiger partial charge in [-0.25, -0.2) is 4.98 Å². The number of aromatic nitrogens is 1. The van der Waals surface area contributed by atoms with Crippen LogP contribution in [0.15, 0.2) is 51.9 Å². The highest BCUT2D eigenvalue weighted by atomic mass is 16.3. The molecule has 0 saturated carbocycles. The predicted molar refractivity (Wildman–Crippen MR) is 108 cm³/mol. The van der Waals surface area contributed by atoms with Crippen molar-refractivity contribution in [2.24, 2.45) is 10.9 Å². The zero-order valence-corrected chi connectivity index (χ0v) is 15.7. The average molecular weight is 347 g/mol. The molecule has 1 aliphatic rings. The number of aliphatic imine (C=N–C) groups is 1. The number of anilines is 1. The van der Waals surface area contributed by atoms with E-state index in [9.17, 15) is 0 Å². The van der Waals surface area contributed by atoms with Crippen LogP contribution in [0.5, 0.6) is 0 Å². The van der Waals surface area contributed by atoms with E-state index in [2.05, 4.69) is 59.3 Å². The Morgan fingerprint density at radius 2 is 1.85 bits per heavy atom. The molecule has 2 aromatic carbocycles. The summed E-state index contributed by atoms with van der Waals surface area (Å²) < 4.78 is 6.08. The summed E-state index contributed by atoms with van der Waals surface area (Å²) in [5.74, 6) is 1.22. The topological polar surface area (TPSA) is 41.6 Å². The normalized spacial score (nSPS) is 17.3. The smallest absolute Gasteiger partial charge is 0.227 e. The van der Waals surface area contributed by atoms with E-state index < -0.39 is 0 Å². The summed E-state index contributed by atoms with van der Waals surface area (Å²) in [5.41, 5.74) is 6.29. The highest BCUT2D eigenvalue weighted by Gasteiger charge is 2.20. The van der Waals surface area contributed by atoms with Gasteiger partial charge in [0, 0.05) is 43.5 Å². The molecular weight excluding hydrogens is 322 g/mol. The first-order valence-corrected chi connectivity index (χ1v) is 9.39. The van der Waals surface area contributed by atoms with Gasteiger partial charge >= 0.3 is 0 Å². The highest BCUT2D eigenvalue weighted by Crippen LogP contribution is 2.29. The van der Waals surface area contributed by atoms with Crippen LogP contribution in [0.25, 0.3) is 22.6 Å². The molecule has 0 N–H and O–H groups in total. The molecule has 1 unspecified atom stereocenters. The van der Waals surface area contributed by atoms with Crippen LogP contribution in [0.3, 0.4) is 0 Å². The Hall–Kier alpha value is -2.62. The summed E-state index contributed by atoms with van der Waals surface area (Å²) in [6.45, 7) is 3.18. The minimum absolute atomic E-state index is 0.558. The number of nitrogens with zero attached hydrogens (tertiary/aromatic N) is 3. The van der Waals surface area contributed by atoms with Gasteiger partial charge in [0.15, 0.2) is 5.58 Å². The van der Waals surface area contributed by atoms with E-state index in [0.29, 0.717) is 11.8 Å². The minimum atomic E-state index is 0.558. The average Bonchev–Trinajstić information content (AvgIpc) is 3.11.